The number of rotatable bonds is 5. The SMILES string of the molecule is COc1ccc(Oc2c3nc(c(-c4ccccc4)c4ccc(cc5nc(c(-c6ccccc6)c6ccc2[n-]6)C=C5)[n-]4)C=C3)cc1.[Zn+2]. The molecule has 3 aromatic heterocycles. The molecule has 0 amide bonds. The molecule has 0 radical (unpaired) electrons. The van der Waals surface area contributed by atoms with E-state index in [1.54, 1.807) is 7.11 Å². The van der Waals surface area contributed by atoms with Gasteiger partial charge in [-0.15, -0.1) is 16.6 Å². The van der Waals surface area contributed by atoms with E-state index in [4.69, 9.17) is 29.4 Å². The van der Waals surface area contributed by atoms with E-state index in [0.717, 1.165) is 61.6 Å². The second kappa shape index (κ2) is 12.5. The summed E-state index contributed by atoms with van der Waals surface area (Å²) in [6, 6.07) is 38.0. The number of benzene rings is 3. The van der Waals surface area contributed by atoms with Crippen LogP contribution in [0.15, 0.2) is 115 Å². The fourth-order valence-corrected chi connectivity index (χ4v) is 5.66. The first-order valence-electron chi connectivity index (χ1n) is 14.7. The van der Waals surface area contributed by atoms with Crippen LogP contribution in [0.2, 0.25) is 0 Å². The Hall–Kier alpha value is -5.52. The molecule has 216 valence electrons. The van der Waals surface area contributed by atoms with E-state index >= 15 is 0 Å². The molecule has 46 heavy (non-hydrogen) atoms. The Morgan fingerprint density at radius 3 is 1.78 bits per heavy atom. The van der Waals surface area contributed by atoms with Crippen LogP contribution in [-0.2, 0) is 19.5 Å². The molecular weight excluding hydrogens is 622 g/mol. The Morgan fingerprint density at radius 2 is 1.09 bits per heavy atom. The molecule has 0 unspecified atom stereocenters. The van der Waals surface area contributed by atoms with Crippen LogP contribution in [0.4, 0.5) is 0 Å². The zero-order valence-electron chi connectivity index (χ0n) is 25.1. The summed E-state index contributed by atoms with van der Waals surface area (Å²) < 4.78 is 11.9. The largest absolute Gasteiger partial charge is 2.00 e. The Bertz CT molecular complexity index is 2230. The molecule has 6 nitrogen and oxygen atoms in total. The van der Waals surface area contributed by atoms with Gasteiger partial charge in [-0.2, -0.15) is 0 Å². The quantitative estimate of drug-likeness (QED) is 0.174. The zero-order valence-corrected chi connectivity index (χ0v) is 28.1. The minimum atomic E-state index is 0. The maximum absolute atomic E-state index is 6.57. The monoisotopic (exact) mass is 646 g/mol. The van der Waals surface area contributed by atoms with E-state index in [2.05, 4.69) is 24.3 Å². The van der Waals surface area contributed by atoms with Crippen molar-refractivity contribution in [1.82, 2.24) is 19.9 Å². The van der Waals surface area contributed by atoms with Crippen LogP contribution in [0.3, 0.4) is 0 Å². The maximum atomic E-state index is 6.57. The van der Waals surface area contributed by atoms with Gasteiger partial charge in [0, 0.05) is 0 Å². The minimum Gasteiger partial charge on any atom is -0.657 e. The van der Waals surface area contributed by atoms with Gasteiger partial charge in [-0.3, -0.25) is 0 Å². The van der Waals surface area contributed by atoms with E-state index in [0.29, 0.717) is 22.7 Å². The van der Waals surface area contributed by atoms with Crippen LogP contribution in [0.1, 0.15) is 22.8 Å². The van der Waals surface area contributed by atoms with Crippen molar-refractivity contribution < 1.29 is 29.0 Å². The van der Waals surface area contributed by atoms with Crippen LogP contribution in [-0.4, -0.2) is 17.1 Å². The molecule has 0 spiro atoms. The van der Waals surface area contributed by atoms with Gasteiger partial charge < -0.3 is 19.4 Å². The Kier molecular flexibility index (Phi) is 7.92. The van der Waals surface area contributed by atoms with Crippen molar-refractivity contribution in [1.29, 1.82) is 0 Å². The van der Waals surface area contributed by atoms with E-state index in [1.165, 1.54) is 0 Å². The maximum Gasteiger partial charge on any atom is 2.00 e. The van der Waals surface area contributed by atoms with Crippen LogP contribution in [0, 0.1) is 0 Å². The summed E-state index contributed by atoms with van der Waals surface area (Å²) in [6.07, 6.45) is 8.05. The molecule has 2 aliphatic rings. The Balaban J connectivity index is 0.00000338. The number of fused-ring (bicyclic) bond motifs is 8. The van der Waals surface area contributed by atoms with Gasteiger partial charge in [0.25, 0.3) is 0 Å². The second-order valence-electron chi connectivity index (χ2n) is 10.7. The molecule has 7 heteroatoms. The van der Waals surface area contributed by atoms with Crippen molar-refractivity contribution in [2.24, 2.45) is 0 Å². The third-order valence-electron chi connectivity index (χ3n) is 7.79. The summed E-state index contributed by atoms with van der Waals surface area (Å²) in [5.74, 6) is 1.94. The molecule has 0 aliphatic carbocycles. The molecule has 3 aromatic carbocycles. The van der Waals surface area contributed by atoms with E-state index in [-0.39, 0.29) is 19.5 Å². The fourth-order valence-electron chi connectivity index (χ4n) is 5.66. The summed E-state index contributed by atoms with van der Waals surface area (Å²) in [5, 5.41) is 0. The molecule has 0 saturated heterocycles. The van der Waals surface area contributed by atoms with E-state index in [9.17, 15) is 0 Å². The molecular formula is C39H26N4O2Zn. The fraction of sp³-hybridized carbons (Fsp3) is 0.0256. The molecule has 2 aliphatic heterocycles. The van der Waals surface area contributed by atoms with Crippen molar-refractivity contribution in [3.63, 3.8) is 0 Å². The first-order valence-corrected chi connectivity index (χ1v) is 14.7. The first kappa shape index (κ1) is 29.2. The molecule has 0 N–H and O–H groups in total. The summed E-state index contributed by atoms with van der Waals surface area (Å²) in [7, 11) is 1.64. The molecule has 5 heterocycles. The minimum absolute atomic E-state index is 0. The summed E-state index contributed by atoms with van der Waals surface area (Å²) >= 11 is 0. The Morgan fingerprint density at radius 1 is 0.522 bits per heavy atom. The number of methoxy groups -OCH3 is 1. The van der Waals surface area contributed by atoms with Crippen LogP contribution < -0.4 is 19.4 Å². The van der Waals surface area contributed by atoms with Crippen molar-refractivity contribution >= 4 is 46.4 Å². The normalized spacial score (nSPS) is 11.7. The van der Waals surface area contributed by atoms with Crippen LogP contribution >= 0.6 is 0 Å². The third kappa shape index (κ3) is 5.57. The van der Waals surface area contributed by atoms with Crippen molar-refractivity contribution in [2.45, 2.75) is 0 Å². The van der Waals surface area contributed by atoms with Gasteiger partial charge in [0.2, 0.25) is 0 Å². The predicted molar refractivity (Wildman–Crippen MR) is 181 cm³/mol. The van der Waals surface area contributed by atoms with Crippen molar-refractivity contribution in [3.8, 4) is 39.5 Å². The van der Waals surface area contributed by atoms with Gasteiger partial charge in [-0.25, -0.2) is 9.97 Å². The molecule has 0 saturated carbocycles. The number of ether oxygens (including phenoxy) is 2. The third-order valence-corrected chi connectivity index (χ3v) is 7.79. The van der Waals surface area contributed by atoms with Gasteiger partial charge >= 0.3 is 19.5 Å². The van der Waals surface area contributed by atoms with E-state index in [1.807, 2.05) is 115 Å². The average molecular weight is 648 g/mol. The second-order valence-corrected chi connectivity index (χ2v) is 10.7. The smallest absolute Gasteiger partial charge is 0.657 e. The van der Waals surface area contributed by atoms with Gasteiger partial charge in [0.1, 0.15) is 22.9 Å². The molecule has 0 fully saturated rings. The van der Waals surface area contributed by atoms with Crippen LogP contribution in [0.25, 0.3) is 68.6 Å². The molecule has 0 atom stereocenters. The van der Waals surface area contributed by atoms with Gasteiger partial charge in [-0.1, -0.05) is 96.5 Å². The number of hydrogen-bond acceptors (Lipinski definition) is 4. The summed E-state index contributed by atoms with van der Waals surface area (Å²) in [6.45, 7) is 0. The summed E-state index contributed by atoms with van der Waals surface area (Å²) in [5.41, 5.74) is 10.1. The standard InChI is InChI=1S/C39H26N4O2.Zn/c1-44-29-14-16-30(17-15-29)45-39-35-22-20-33(42-35)37(25-8-4-2-5-9-25)31-18-12-27(40-31)24-28-13-19-32(41-28)38(26-10-6-3-7-11-26)34-21-23-36(39)43-34;/h2-24H,1H3;/q-2;+2. The van der Waals surface area contributed by atoms with Crippen molar-refractivity contribution in [3.05, 3.63) is 138 Å². The van der Waals surface area contributed by atoms with E-state index < -0.39 is 0 Å². The topological polar surface area (TPSA) is 72.4 Å². The average Bonchev–Trinajstić information content (AvgIpc) is 3.91. The zero-order chi connectivity index (χ0) is 30.2. The van der Waals surface area contributed by atoms with Gasteiger partial charge in [0.15, 0.2) is 0 Å². The number of nitrogens with zero attached hydrogens (tertiary/aromatic N) is 4. The van der Waals surface area contributed by atoms with Gasteiger partial charge in [-0.05, 0) is 70.8 Å². The molecule has 6 aromatic rings. The molecule has 8 bridgehead atoms. The number of hydrogen-bond donors (Lipinski definition) is 0. The van der Waals surface area contributed by atoms with Gasteiger partial charge in [0.05, 0.1) is 24.2 Å². The number of aromatic nitrogens is 4. The van der Waals surface area contributed by atoms with Crippen LogP contribution in [0.5, 0.6) is 17.2 Å². The summed E-state index contributed by atoms with van der Waals surface area (Å²) in [4.78, 5) is 20.3. The predicted octanol–water partition coefficient (Wildman–Crippen LogP) is 9.05. The Labute approximate surface area is 278 Å². The first-order chi connectivity index (χ1) is 22.2. The van der Waals surface area contributed by atoms with Crippen molar-refractivity contribution in [2.75, 3.05) is 7.11 Å². The molecule has 8 rings (SSSR count).